The molecule has 8 heteroatoms. The minimum atomic E-state index is -0.199. The lowest BCUT2D eigenvalue weighted by molar-refractivity contribution is -0.122. The van der Waals surface area contributed by atoms with Crippen LogP contribution in [0.3, 0.4) is 0 Å². The van der Waals surface area contributed by atoms with Crippen molar-refractivity contribution in [3.8, 4) is 22.9 Å². The van der Waals surface area contributed by atoms with Gasteiger partial charge in [-0.2, -0.15) is 4.80 Å². The molecule has 0 aliphatic carbocycles. The highest BCUT2D eigenvalue weighted by Gasteiger charge is 2.16. The number of amides is 1. The first-order valence-electron chi connectivity index (χ1n) is 8.01. The number of nitrogens with one attached hydrogen (secondary N) is 1. The van der Waals surface area contributed by atoms with Gasteiger partial charge in [-0.15, -0.1) is 10.2 Å². The summed E-state index contributed by atoms with van der Waals surface area (Å²) in [6.45, 7) is 0.428. The highest BCUT2D eigenvalue weighted by atomic mass is 16.5. The number of tetrazole rings is 1. The van der Waals surface area contributed by atoms with E-state index in [1.54, 1.807) is 26.4 Å². The summed E-state index contributed by atoms with van der Waals surface area (Å²) in [5.41, 5.74) is 1.66. The molecular weight excluding hydrogens is 334 g/mol. The van der Waals surface area contributed by atoms with Gasteiger partial charge in [-0.25, -0.2) is 0 Å². The van der Waals surface area contributed by atoms with Crippen LogP contribution in [0.5, 0.6) is 11.5 Å². The van der Waals surface area contributed by atoms with Gasteiger partial charge in [0.15, 0.2) is 11.5 Å². The Kier molecular flexibility index (Phi) is 5.43. The van der Waals surface area contributed by atoms with Crippen LogP contribution in [0, 0.1) is 0 Å². The molecule has 1 aromatic heterocycles. The van der Waals surface area contributed by atoms with Crippen LogP contribution in [-0.2, 0) is 17.9 Å². The zero-order valence-corrected chi connectivity index (χ0v) is 14.5. The molecule has 1 N–H and O–H groups in total. The summed E-state index contributed by atoms with van der Waals surface area (Å²) < 4.78 is 10.7. The van der Waals surface area contributed by atoms with Gasteiger partial charge in [-0.1, -0.05) is 36.4 Å². The molecule has 0 atom stereocenters. The molecule has 0 bridgehead atoms. The molecular formula is C18H19N5O3. The zero-order chi connectivity index (χ0) is 18.4. The summed E-state index contributed by atoms with van der Waals surface area (Å²) in [7, 11) is 3.10. The Morgan fingerprint density at radius 1 is 1.08 bits per heavy atom. The molecule has 0 radical (unpaired) electrons. The number of ether oxygens (including phenoxy) is 2. The molecule has 2 aromatic carbocycles. The molecule has 1 heterocycles. The summed E-state index contributed by atoms with van der Waals surface area (Å²) >= 11 is 0. The van der Waals surface area contributed by atoms with Crippen molar-refractivity contribution in [3.05, 3.63) is 54.1 Å². The van der Waals surface area contributed by atoms with Crippen LogP contribution in [0.4, 0.5) is 0 Å². The topological polar surface area (TPSA) is 91.2 Å². The maximum Gasteiger partial charge on any atom is 0.243 e. The fourth-order valence-corrected chi connectivity index (χ4v) is 2.46. The predicted octanol–water partition coefficient (Wildman–Crippen LogP) is 1.67. The Bertz CT molecular complexity index is 880. The highest BCUT2D eigenvalue weighted by molar-refractivity contribution is 5.75. The van der Waals surface area contributed by atoms with Gasteiger partial charge >= 0.3 is 0 Å². The average molecular weight is 353 g/mol. The maximum absolute atomic E-state index is 12.1. The van der Waals surface area contributed by atoms with E-state index >= 15 is 0 Å². The molecule has 3 rings (SSSR count). The highest BCUT2D eigenvalue weighted by Crippen LogP contribution is 2.35. The van der Waals surface area contributed by atoms with Gasteiger partial charge in [0, 0.05) is 6.54 Å². The lowest BCUT2D eigenvalue weighted by Crippen LogP contribution is -2.28. The van der Waals surface area contributed by atoms with Crippen LogP contribution in [-0.4, -0.2) is 40.3 Å². The normalized spacial score (nSPS) is 10.4. The molecule has 0 fully saturated rings. The summed E-state index contributed by atoms with van der Waals surface area (Å²) in [5, 5.41) is 15.0. The van der Waals surface area contributed by atoms with Crippen molar-refractivity contribution >= 4 is 5.91 Å². The SMILES string of the molecule is COc1cccc(-c2nnn(CC(=O)NCc3ccccc3)n2)c1OC. The van der Waals surface area contributed by atoms with Gasteiger partial charge in [0.05, 0.1) is 19.8 Å². The summed E-state index contributed by atoms with van der Waals surface area (Å²) in [6.07, 6.45) is 0. The summed E-state index contributed by atoms with van der Waals surface area (Å²) in [6, 6.07) is 15.1. The molecule has 0 saturated heterocycles. The lowest BCUT2D eigenvalue weighted by Gasteiger charge is -2.09. The van der Waals surface area contributed by atoms with Crippen LogP contribution in [0.15, 0.2) is 48.5 Å². The van der Waals surface area contributed by atoms with Gasteiger partial charge in [-0.3, -0.25) is 4.79 Å². The molecule has 0 unspecified atom stereocenters. The quantitative estimate of drug-likeness (QED) is 0.695. The van der Waals surface area contributed by atoms with E-state index in [1.165, 1.54) is 4.80 Å². The Morgan fingerprint density at radius 2 is 1.88 bits per heavy atom. The summed E-state index contributed by atoms with van der Waals surface area (Å²) in [4.78, 5) is 13.3. The monoisotopic (exact) mass is 353 g/mol. The van der Waals surface area contributed by atoms with Crippen molar-refractivity contribution < 1.29 is 14.3 Å². The first-order chi connectivity index (χ1) is 12.7. The molecule has 26 heavy (non-hydrogen) atoms. The molecule has 0 aliphatic rings. The van der Waals surface area contributed by atoms with Gasteiger partial charge in [-0.05, 0) is 22.9 Å². The van der Waals surface area contributed by atoms with Crippen molar-refractivity contribution in [3.63, 3.8) is 0 Å². The number of hydrogen-bond acceptors (Lipinski definition) is 6. The van der Waals surface area contributed by atoms with E-state index in [0.29, 0.717) is 29.4 Å². The fraction of sp³-hybridized carbons (Fsp3) is 0.222. The van der Waals surface area contributed by atoms with Crippen LogP contribution >= 0.6 is 0 Å². The van der Waals surface area contributed by atoms with E-state index in [-0.39, 0.29) is 12.5 Å². The number of carbonyl (C=O) groups excluding carboxylic acids is 1. The number of methoxy groups -OCH3 is 2. The Hall–Kier alpha value is -3.42. The number of carbonyl (C=O) groups is 1. The molecule has 3 aromatic rings. The van der Waals surface area contributed by atoms with Crippen LogP contribution in [0.25, 0.3) is 11.4 Å². The van der Waals surface area contributed by atoms with E-state index in [2.05, 4.69) is 20.7 Å². The van der Waals surface area contributed by atoms with E-state index in [1.807, 2.05) is 36.4 Å². The number of nitrogens with zero attached hydrogens (tertiary/aromatic N) is 4. The van der Waals surface area contributed by atoms with Gasteiger partial charge < -0.3 is 14.8 Å². The van der Waals surface area contributed by atoms with Gasteiger partial charge in [0.2, 0.25) is 11.7 Å². The van der Waals surface area contributed by atoms with Gasteiger partial charge in [0.25, 0.3) is 0 Å². The Balaban J connectivity index is 1.67. The number of hydrogen-bond donors (Lipinski definition) is 1. The number of aromatic nitrogens is 4. The van der Waals surface area contributed by atoms with Gasteiger partial charge in [0.1, 0.15) is 6.54 Å². The Morgan fingerprint density at radius 3 is 2.62 bits per heavy atom. The minimum absolute atomic E-state index is 0.0217. The standard InChI is InChI=1S/C18H19N5O3/c1-25-15-10-6-9-14(17(15)26-2)18-20-22-23(21-18)12-16(24)19-11-13-7-4-3-5-8-13/h3-10H,11-12H2,1-2H3,(H,19,24). The first kappa shape index (κ1) is 17.4. The van der Waals surface area contributed by atoms with Crippen molar-refractivity contribution in [2.45, 2.75) is 13.1 Å². The van der Waals surface area contributed by atoms with E-state index in [9.17, 15) is 4.79 Å². The molecule has 134 valence electrons. The second kappa shape index (κ2) is 8.11. The third-order valence-corrected chi connectivity index (χ3v) is 3.71. The van der Waals surface area contributed by atoms with E-state index in [4.69, 9.17) is 9.47 Å². The fourth-order valence-electron chi connectivity index (χ4n) is 2.46. The van der Waals surface area contributed by atoms with Crippen LogP contribution in [0.1, 0.15) is 5.56 Å². The molecule has 0 aliphatic heterocycles. The first-order valence-corrected chi connectivity index (χ1v) is 8.01. The molecule has 0 saturated carbocycles. The average Bonchev–Trinajstić information content (AvgIpc) is 3.14. The van der Waals surface area contributed by atoms with Crippen molar-refractivity contribution in [2.24, 2.45) is 0 Å². The predicted molar refractivity (Wildman–Crippen MR) is 94.6 cm³/mol. The van der Waals surface area contributed by atoms with Crippen LogP contribution in [0.2, 0.25) is 0 Å². The molecule has 0 spiro atoms. The second-order valence-corrected chi connectivity index (χ2v) is 5.45. The minimum Gasteiger partial charge on any atom is -0.493 e. The zero-order valence-electron chi connectivity index (χ0n) is 14.5. The molecule has 1 amide bonds. The summed E-state index contributed by atoms with van der Waals surface area (Å²) in [5.74, 6) is 1.25. The third kappa shape index (κ3) is 3.97. The van der Waals surface area contributed by atoms with Crippen molar-refractivity contribution in [2.75, 3.05) is 14.2 Å². The second-order valence-electron chi connectivity index (χ2n) is 5.45. The third-order valence-electron chi connectivity index (χ3n) is 3.71. The maximum atomic E-state index is 12.1. The lowest BCUT2D eigenvalue weighted by atomic mass is 10.2. The van der Waals surface area contributed by atoms with E-state index in [0.717, 1.165) is 5.56 Å². The smallest absolute Gasteiger partial charge is 0.243 e. The van der Waals surface area contributed by atoms with Crippen molar-refractivity contribution in [1.29, 1.82) is 0 Å². The number of rotatable bonds is 7. The number of benzene rings is 2. The number of para-hydroxylation sites is 1. The van der Waals surface area contributed by atoms with Crippen LogP contribution < -0.4 is 14.8 Å². The Labute approximate surface area is 150 Å². The van der Waals surface area contributed by atoms with E-state index < -0.39 is 0 Å². The van der Waals surface area contributed by atoms with Crippen molar-refractivity contribution in [1.82, 2.24) is 25.5 Å². The molecule has 8 nitrogen and oxygen atoms in total. The largest absolute Gasteiger partial charge is 0.493 e.